The summed E-state index contributed by atoms with van der Waals surface area (Å²) < 4.78 is 0. The molecule has 1 aliphatic rings. The van der Waals surface area contributed by atoms with Crippen molar-refractivity contribution in [3.05, 3.63) is 68.7 Å². The molecule has 0 saturated carbocycles. The van der Waals surface area contributed by atoms with Gasteiger partial charge in [-0.3, -0.25) is 9.69 Å². The zero-order valence-corrected chi connectivity index (χ0v) is 15.7. The zero-order valence-electron chi connectivity index (χ0n) is 13.2. The third-order valence-corrected chi connectivity index (χ3v) is 6.08. The molecular formula is C18H13N3OS3. The van der Waals surface area contributed by atoms with Crippen LogP contribution >= 0.6 is 34.4 Å². The number of aryl methyl sites for hydroxylation is 1. The van der Waals surface area contributed by atoms with Crippen molar-refractivity contribution in [3.8, 4) is 0 Å². The number of thioether (sulfide) groups is 1. The number of thiazole rings is 1. The molecule has 0 unspecified atom stereocenters. The maximum atomic E-state index is 13.0. The van der Waals surface area contributed by atoms with Crippen LogP contribution in [0.5, 0.6) is 0 Å². The number of benzene rings is 1. The third kappa shape index (κ3) is 3.44. The topological polar surface area (TPSA) is 45.6 Å². The molecule has 0 bridgehead atoms. The third-order valence-electron chi connectivity index (χ3n) is 3.44. The highest BCUT2D eigenvalue weighted by molar-refractivity contribution is 8.19. The predicted molar refractivity (Wildman–Crippen MR) is 108 cm³/mol. The van der Waals surface area contributed by atoms with Crippen LogP contribution in [0, 0.1) is 6.92 Å². The fourth-order valence-corrected chi connectivity index (χ4v) is 4.76. The minimum Gasteiger partial charge on any atom is -0.268 e. The molecule has 2 aromatic heterocycles. The van der Waals surface area contributed by atoms with Gasteiger partial charge < -0.3 is 0 Å². The summed E-state index contributed by atoms with van der Waals surface area (Å²) in [6.45, 7) is 1.93. The molecule has 4 nitrogen and oxygen atoms in total. The smallest absolute Gasteiger partial charge is 0.268 e. The molecule has 1 saturated heterocycles. The number of amidine groups is 1. The minimum atomic E-state index is -0.0587. The number of rotatable bonds is 3. The van der Waals surface area contributed by atoms with Crippen molar-refractivity contribution in [2.45, 2.75) is 6.92 Å². The SMILES string of the molecule is Cc1csc(/N=C2/S/C(=C/c3cccs3)C(=O)N2c2ccccc2)n1. The number of aromatic nitrogens is 1. The number of carbonyl (C=O) groups excluding carboxylic acids is 1. The fraction of sp³-hybridized carbons (Fsp3) is 0.0556. The summed E-state index contributed by atoms with van der Waals surface area (Å²) in [5, 5.41) is 5.24. The van der Waals surface area contributed by atoms with Gasteiger partial charge in [0.05, 0.1) is 16.3 Å². The number of anilines is 1. The van der Waals surface area contributed by atoms with Crippen LogP contribution in [0.15, 0.2) is 63.1 Å². The molecule has 124 valence electrons. The van der Waals surface area contributed by atoms with E-state index in [4.69, 9.17) is 0 Å². The van der Waals surface area contributed by atoms with Crippen molar-refractivity contribution >= 4 is 62.4 Å². The Kier molecular flexibility index (Phi) is 4.52. The number of carbonyl (C=O) groups is 1. The summed E-state index contributed by atoms with van der Waals surface area (Å²) in [5.74, 6) is -0.0587. The van der Waals surface area contributed by atoms with E-state index >= 15 is 0 Å². The van der Waals surface area contributed by atoms with Gasteiger partial charge in [-0.2, -0.15) is 4.99 Å². The average molecular weight is 384 g/mol. The second-order valence-electron chi connectivity index (χ2n) is 5.27. The van der Waals surface area contributed by atoms with Crippen LogP contribution in [-0.2, 0) is 4.79 Å². The molecular weight excluding hydrogens is 370 g/mol. The Morgan fingerprint density at radius 2 is 1.96 bits per heavy atom. The van der Waals surface area contributed by atoms with Crippen molar-refractivity contribution in [2.24, 2.45) is 4.99 Å². The lowest BCUT2D eigenvalue weighted by atomic mass is 10.3. The molecule has 0 spiro atoms. The van der Waals surface area contributed by atoms with E-state index in [2.05, 4.69) is 9.98 Å². The van der Waals surface area contributed by atoms with Gasteiger partial charge in [0.25, 0.3) is 5.91 Å². The molecule has 1 amide bonds. The van der Waals surface area contributed by atoms with E-state index in [-0.39, 0.29) is 5.91 Å². The Bertz CT molecular complexity index is 959. The van der Waals surface area contributed by atoms with Gasteiger partial charge in [0.2, 0.25) is 5.13 Å². The highest BCUT2D eigenvalue weighted by Crippen LogP contribution is 2.38. The maximum absolute atomic E-state index is 13.0. The monoisotopic (exact) mass is 383 g/mol. The van der Waals surface area contributed by atoms with Crippen molar-refractivity contribution in [1.29, 1.82) is 0 Å². The van der Waals surface area contributed by atoms with Crippen LogP contribution in [-0.4, -0.2) is 16.1 Å². The molecule has 25 heavy (non-hydrogen) atoms. The van der Waals surface area contributed by atoms with Crippen molar-refractivity contribution in [2.75, 3.05) is 4.90 Å². The highest BCUT2D eigenvalue weighted by Gasteiger charge is 2.35. The zero-order chi connectivity index (χ0) is 17.2. The van der Waals surface area contributed by atoms with E-state index in [0.717, 1.165) is 16.3 Å². The van der Waals surface area contributed by atoms with Crippen LogP contribution in [0.3, 0.4) is 0 Å². The van der Waals surface area contributed by atoms with Crippen LogP contribution < -0.4 is 4.90 Å². The second kappa shape index (κ2) is 6.95. The largest absolute Gasteiger partial charge is 0.271 e. The first-order valence-electron chi connectivity index (χ1n) is 7.54. The molecule has 3 heterocycles. The summed E-state index contributed by atoms with van der Waals surface area (Å²) in [7, 11) is 0. The van der Waals surface area contributed by atoms with Gasteiger partial charge in [0.1, 0.15) is 0 Å². The van der Waals surface area contributed by atoms with E-state index in [1.165, 1.54) is 23.1 Å². The van der Waals surface area contributed by atoms with E-state index in [9.17, 15) is 4.79 Å². The standard InChI is InChI=1S/C18H13N3OS3/c1-12-11-24-17(19-12)20-18-21(13-6-3-2-4-7-13)16(22)15(25-18)10-14-8-5-9-23-14/h2-11H,1H3/b15-10+,20-18+. The predicted octanol–water partition coefficient (Wildman–Crippen LogP) is 5.32. The van der Waals surface area contributed by atoms with Gasteiger partial charge in [0, 0.05) is 10.3 Å². The maximum Gasteiger partial charge on any atom is 0.271 e. The van der Waals surface area contributed by atoms with E-state index in [1.54, 1.807) is 16.2 Å². The number of amides is 1. The summed E-state index contributed by atoms with van der Waals surface area (Å²) in [4.78, 5) is 25.4. The number of nitrogens with zero attached hydrogens (tertiary/aromatic N) is 3. The van der Waals surface area contributed by atoms with Crippen LogP contribution in [0.2, 0.25) is 0 Å². The molecule has 7 heteroatoms. The number of thiophene rings is 1. The van der Waals surface area contributed by atoms with Crippen LogP contribution in [0.4, 0.5) is 10.8 Å². The van der Waals surface area contributed by atoms with Gasteiger partial charge in [-0.15, -0.1) is 22.7 Å². The molecule has 0 radical (unpaired) electrons. The van der Waals surface area contributed by atoms with Crippen molar-refractivity contribution < 1.29 is 4.79 Å². The molecule has 4 rings (SSSR count). The first-order chi connectivity index (χ1) is 12.2. The van der Waals surface area contributed by atoms with E-state index in [1.807, 2.05) is 66.2 Å². The lowest BCUT2D eigenvalue weighted by molar-refractivity contribution is -0.113. The van der Waals surface area contributed by atoms with Gasteiger partial charge in [-0.1, -0.05) is 24.3 Å². The van der Waals surface area contributed by atoms with Gasteiger partial charge in [-0.05, 0) is 48.3 Å². The minimum absolute atomic E-state index is 0.0587. The highest BCUT2D eigenvalue weighted by atomic mass is 32.2. The summed E-state index contributed by atoms with van der Waals surface area (Å²) in [6, 6.07) is 13.6. The lowest BCUT2D eigenvalue weighted by Gasteiger charge is -2.14. The fourth-order valence-electron chi connectivity index (χ4n) is 2.33. The van der Waals surface area contributed by atoms with Crippen molar-refractivity contribution in [3.63, 3.8) is 0 Å². The first kappa shape index (κ1) is 16.3. The van der Waals surface area contributed by atoms with Gasteiger partial charge in [-0.25, -0.2) is 4.98 Å². The van der Waals surface area contributed by atoms with Crippen LogP contribution in [0.1, 0.15) is 10.6 Å². The quantitative estimate of drug-likeness (QED) is 0.575. The number of para-hydroxylation sites is 1. The van der Waals surface area contributed by atoms with Crippen LogP contribution in [0.25, 0.3) is 6.08 Å². The second-order valence-corrected chi connectivity index (χ2v) is 8.09. The molecule has 0 N–H and O–H groups in total. The van der Waals surface area contributed by atoms with E-state index < -0.39 is 0 Å². The average Bonchev–Trinajstić information content (AvgIpc) is 3.32. The Labute approximate surface area is 157 Å². The summed E-state index contributed by atoms with van der Waals surface area (Å²) >= 11 is 4.47. The number of aliphatic imine (C=N–C) groups is 1. The number of hydrogen-bond donors (Lipinski definition) is 0. The normalized spacial score (nSPS) is 17.8. The molecule has 3 aromatic rings. The van der Waals surface area contributed by atoms with E-state index in [0.29, 0.717) is 15.2 Å². The van der Waals surface area contributed by atoms with Gasteiger partial charge in [0.15, 0.2) is 5.17 Å². The Hall–Kier alpha value is -2.22. The summed E-state index contributed by atoms with van der Waals surface area (Å²) in [6.07, 6.45) is 1.92. The van der Waals surface area contributed by atoms with Crippen molar-refractivity contribution in [1.82, 2.24) is 4.98 Å². The molecule has 1 fully saturated rings. The molecule has 1 aliphatic heterocycles. The molecule has 1 aromatic carbocycles. The molecule has 0 aliphatic carbocycles. The Morgan fingerprint density at radius 1 is 1.12 bits per heavy atom. The Balaban J connectivity index is 1.77. The molecule has 0 atom stereocenters. The number of hydrogen-bond acceptors (Lipinski definition) is 6. The Morgan fingerprint density at radius 3 is 2.64 bits per heavy atom. The first-order valence-corrected chi connectivity index (χ1v) is 10.1. The van der Waals surface area contributed by atoms with Gasteiger partial charge >= 0.3 is 0 Å². The summed E-state index contributed by atoms with van der Waals surface area (Å²) in [5.41, 5.74) is 1.74. The lowest BCUT2D eigenvalue weighted by Crippen LogP contribution is -2.28.